The SMILES string of the molecule is COc1ccc(-c2c[c-]nc(Cl)n2)cc1OC.[Na+]. The van der Waals surface area contributed by atoms with Gasteiger partial charge < -0.3 is 19.4 Å². The van der Waals surface area contributed by atoms with E-state index in [0.717, 1.165) is 5.56 Å². The standard InChI is InChI=1S/C12H10ClN2O2.Na/c1-16-10-4-3-8(7-11(10)17-2)9-5-6-14-12(13)15-9;/h3-5,7H,1-2H3;/q-1;+1. The second-order valence-corrected chi connectivity index (χ2v) is 3.56. The van der Waals surface area contributed by atoms with Crippen molar-refractivity contribution in [2.24, 2.45) is 0 Å². The maximum absolute atomic E-state index is 5.72. The van der Waals surface area contributed by atoms with Crippen LogP contribution in [-0.4, -0.2) is 24.2 Å². The van der Waals surface area contributed by atoms with Crippen molar-refractivity contribution in [3.63, 3.8) is 0 Å². The van der Waals surface area contributed by atoms with Crippen LogP contribution in [0, 0.1) is 6.20 Å². The zero-order valence-electron chi connectivity index (χ0n) is 10.4. The van der Waals surface area contributed by atoms with Gasteiger partial charge in [-0.05, 0) is 17.8 Å². The molecule has 0 N–H and O–H groups in total. The van der Waals surface area contributed by atoms with Crippen LogP contribution >= 0.6 is 11.6 Å². The molecule has 2 aromatic rings. The van der Waals surface area contributed by atoms with Crippen molar-refractivity contribution in [3.8, 4) is 22.8 Å². The van der Waals surface area contributed by atoms with Gasteiger partial charge in [-0.25, -0.2) is 0 Å². The molecule has 0 aliphatic heterocycles. The number of rotatable bonds is 3. The van der Waals surface area contributed by atoms with Gasteiger partial charge in [-0.15, -0.1) is 17.7 Å². The number of benzene rings is 1. The molecule has 0 spiro atoms. The van der Waals surface area contributed by atoms with Crippen LogP contribution in [-0.2, 0) is 0 Å². The van der Waals surface area contributed by atoms with Crippen molar-refractivity contribution in [1.82, 2.24) is 9.97 Å². The predicted molar refractivity (Wildman–Crippen MR) is 64.4 cm³/mol. The van der Waals surface area contributed by atoms with E-state index in [0.29, 0.717) is 17.2 Å². The fraction of sp³-hybridized carbons (Fsp3) is 0.167. The Hall–Kier alpha value is -0.810. The molecule has 0 aliphatic rings. The summed E-state index contributed by atoms with van der Waals surface area (Å²) in [5.74, 6) is 1.31. The Balaban J connectivity index is 0.00000162. The van der Waals surface area contributed by atoms with Crippen molar-refractivity contribution in [3.05, 3.63) is 35.7 Å². The van der Waals surface area contributed by atoms with Gasteiger partial charge in [0, 0.05) is 0 Å². The first-order valence-electron chi connectivity index (χ1n) is 4.87. The minimum absolute atomic E-state index is 0. The van der Waals surface area contributed by atoms with E-state index in [1.807, 2.05) is 18.2 Å². The fourth-order valence-corrected chi connectivity index (χ4v) is 1.59. The summed E-state index contributed by atoms with van der Waals surface area (Å²) >= 11 is 5.72. The van der Waals surface area contributed by atoms with Gasteiger partial charge in [0.1, 0.15) is 5.28 Å². The van der Waals surface area contributed by atoms with Crippen molar-refractivity contribution < 1.29 is 39.0 Å². The third kappa shape index (κ3) is 3.36. The minimum atomic E-state index is 0. The second kappa shape index (κ2) is 6.95. The summed E-state index contributed by atoms with van der Waals surface area (Å²) in [7, 11) is 3.17. The van der Waals surface area contributed by atoms with Gasteiger partial charge in [0.25, 0.3) is 0 Å². The van der Waals surface area contributed by atoms with Crippen molar-refractivity contribution in [1.29, 1.82) is 0 Å². The molecule has 0 bridgehead atoms. The van der Waals surface area contributed by atoms with Gasteiger partial charge in [0.15, 0.2) is 11.5 Å². The van der Waals surface area contributed by atoms with Crippen LogP contribution in [0.3, 0.4) is 0 Å². The van der Waals surface area contributed by atoms with Crippen LogP contribution in [0.5, 0.6) is 11.5 Å². The molecule has 1 heterocycles. The zero-order chi connectivity index (χ0) is 12.3. The molecular formula is C12H10ClN2NaO2. The Bertz CT molecular complexity index is 537. The van der Waals surface area contributed by atoms with E-state index < -0.39 is 0 Å². The van der Waals surface area contributed by atoms with E-state index in [4.69, 9.17) is 21.1 Å². The summed E-state index contributed by atoms with van der Waals surface area (Å²) < 4.78 is 10.4. The number of aromatic nitrogens is 2. The van der Waals surface area contributed by atoms with Crippen molar-refractivity contribution in [2.45, 2.75) is 0 Å². The number of hydrogen-bond acceptors (Lipinski definition) is 4. The second-order valence-electron chi connectivity index (χ2n) is 3.22. The molecule has 2 rings (SSSR count). The van der Waals surface area contributed by atoms with Gasteiger partial charge in [-0.3, -0.25) is 0 Å². The first-order valence-corrected chi connectivity index (χ1v) is 5.25. The number of ether oxygens (including phenoxy) is 2. The number of hydrogen-bond donors (Lipinski definition) is 0. The molecule has 0 fully saturated rings. The van der Waals surface area contributed by atoms with Gasteiger partial charge in [0.05, 0.1) is 14.2 Å². The molecule has 4 nitrogen and oxygen atoms in total. The van der Waals surface area contributed by atoms with Crippen LogP contribution in [0.2, 0.25) is 5.28 Å². The number of nitrogens with zero attached hydrogens (tertiary/aromatic N) is 2. The van der Waals surface area contributed by atoms with Crippen molar-refractivity contribution >= 4 is 11.6 Å². The molecule has 88 valence electrons. The first kappa shape index (κ1) is 15.2. The summed E-state index contributed by atoms with van der Waals surface area (Å²) in [6.45, 7) is 0. The Labute approximate surface area is 133 Å². The number of halogens is 1. The number of methoxy groups -OCH3 is 2. The molecule has 0 unspecified atom stereocenters. The molecule has 0 aliphatic carbocycles. The Morgan fingerprint density at radius 2 is 1.89 bits per heavy atom. The van der Waals surface area contributed by atoms with E-state index in [2.05, 4.69) is 16.2 Å². The van der Waals surface area contributed by atoms with Crippen LogP contribution < -0.4 is 39.0 Å². The largest absolute Gasteiger partial charge is 1.00 e. The molecular weight excluding hydrogens is 263 g/mol. The topological polar surface area (TPSA) is 44.2 Å². The predicted octanol–water partition coefficient (Wildman–Crippen LogP) is -0.382. The van der Waals surface area contributed by atoms with E-state index in [1.54, 1.807) is 20.3 Å². The van der Waals surface area contributed by atoms with E-state index in [-0.39, 0.29) is 34.8 Å². The van der Waals surface area contributed by atoms with E-state index in [1.165, 1.54) is 0 Å². The molecule has 0 saturated heterocycles. The van der Waals surface area contributed by atoms with Crippen LogP contribution in [0.25, 0.3) is 11.3 Å². The monoisotopic (exact) mass is 272 g/mol. The molecule has 1 aromatic heterocycles. The van der Waals surface area contributed by atoms with E-state index >= 15 is 0 Å². The van der Waals surface area contributed by atoms with E-state index in [9.17, 15) is 0 Å². The summed E-state index contributed by atoms with van der Waals surface area (Å²) in [4.78, 5) is 7.82. The molecule has 0 amide bonds. The average molecular weight is 273 g/mol. The molecule has 6 heteroatoms. The van der Waals surface area contributed by atoms with Gasteiger partial charge in [-0.2, -0.15) is 0 Å². The fourth-order valence-electron chi connectivity index (χ4n) is 1.45. The minimum Gasteiger partial charge on any atom is -0.493 e. The normalized spacial score (nSPS) is 9.50. The van der Waals surface area contributed by atoms with Gasteiger partial charge in [0.2, 0.25) is 0 Å². The van der Waals surface area contributed by atoms with Gasteiger partial charge >= 0.3 is 29.6 Å². The third-order valence-electron chi connectivity index (χ3n) is 2.25. The molecule has 0 radical (unpaired) electrons. The maximum atomic E-state index is 5.72. The zero-order valence-corrected chi connectivity index (χ0v) is 13.2. The van der Waals surface area contributed by atoms with Gasteiger partial charge in [-0.1, -0.05) is 17.8 Å². The summed E-state index contributed by atoms with van der Waals surface area (Å²) in [6.07, 6.45) is 2.68. The molecule has 1 aromatic carbocycles. The summed E-state index contributed by atoms with van der Waals surface area (Å²) in [5, 5.41) is 0.164. The Kier molecular flexibility index (Phi) is 5.88. The molecule has 0 saturated carbocycles. The first-order chi connectivity index (χ1) is 8.24. The van der Waals surface area contributed by atoms with Crippen molar-refractivity contribution in [2.75, 3.05) is 14.2 Å². The molecule has 0 atom stereocenters. The molecule has 18 heavy (non-hydrogen) atoms. The summed E-state index contributed by atoms with van der Waals surface area (Å²) in [6, 6.07) is 7.16. The van der Waals surface area contributed by atoms with Crippen LogP contribution in [0.15, 0.2) is 24.3 Å². The quantitative estimate of drug-likeness (QED) is 0.434. The Morgan fingerprint density at radius 3 is 2.50 bits per heavy atom. The Morgan fingerprint density at radius 1 is 1.17 bits per heavy atom. The van der Waals surface area contributed by atoms with Crippen LogP contribution in [0.4, 0.5) is 0 Å². The maximum Gasteiger partial charge on any atom is 1.00 e. The average Bonchev–Trinajstić information content (AvgIpc) is 2.38. The third-order valence-corrected chi connectivity index (χ3v) is 2.42. The summed E-state index contributed by atoms with van der Waals surface area (Å²) in [5.41, 5.74) is 1.55. The van der Waals surface area contributed by atoms with Crippen LogP contribution in [0.1, 0.15) is 0 Å². The smallest absolute Gasteiger partial charge is 0.493 e.